The van der Waals surface area contributed by atoms with Crippen LogP contribution in [0.4, 0.5) is 5.69 Å². The molecule has 0 spiro atoms. The van der Waals surface area contributed by atoms with E-state index in [1.54, 1.807) is 6.07 Å². The topological polar surface area (TPSA) is 70.0 Å². The normalized spacial score (nSPS) is 20.8. The van der Waals surface area contributed by atoms with Crippen LogP contribution in [0.15, 0.2) is 18.2 Å². The minimum absolute atomic E-state index is 0. The van der Waals surface area contributed by atoms with Crippen molar-refractivity contribution >= 4 is 17.5 Å². The van der Waals surface area contributed by atoms with E-state index in [0.717, 1.165) is 16.8 Å². The summed E-state index contributed by atoms with van der Waals surface area (Å²) in [7, 11) is 0. The quantitative estimate of drug-likeness (QED) is 0.849. The van der Waals surface area contributed by atoms with Gasteiger partial charge in [-0.25, -0.2) is 0 Å². The molecule has 4 nitrogen and oxygen atoms in total. The van der Waals surface area contributed by atoms with E-state index in [-0.39, 0.29) is 38.6 Å². The standard InChI is InChI=1S/C13H15N2O2.Y/c1-8(16)15-11-4-3-9-6-13(2,12(14)17)7-10(9)5-11;/h3-5H,2,6-7H2,1H3,(H3,14,15,16,17);/q-1;/p-1. The van der Waals surface area contributed by atoms with Gasteiger partial charge < -0.3 is 22.8 Å². The van der Waals surface area contributed by atoms with E-state index >= 15 is 0 Å². The van der Waals surface area contributed by atoms with Crippen LogP contribution in [0.25, 0.3) is 5.73 Å². The molecule has 1 radical (unpaired) electrons. The molecule has 18 heavy (non-hydrogen) atoms. The zero-order chi connectivity index (χ0) is 12.6. The van der Waals surface area contributed by atoms with Crippen molar-refractivity contribution in [2.45, 2.75) is 19.8 Å². The largest absolute Gasteiger partial charge is 0.670 e. The predicted octanol–water partition coefficient (Wildman–Crippen LogP) is 2.14. The second-order valence-corrected chi connectivity index (χ2v) is 4.63. The van der Waals surface area contributed by atoms with Gasteiger partial charge in [-0.2, -0.15) is 0 Å². The summed E-state index contributed by atoms with van der Waals surface area (Å²) < 4.78 is 0. The first kappa shape index (κ1) is 15.3. The summed E-state index contributed by atoms with van der Waals surface area (Å²) in [5, 5.41) is 2.70. The number of hydrogen-bond donors (Lipinski definition) is 1. The summed E-state index contributed by atoms with van der Waals surface area (Å²) in [6.45, 7) is 5.30. The molecule has 0 aromatic heterocycles. The average molecular weight is 319 g/mol. The van der Waals surface area contributed by atoms with Crippen LogP contribution in [-0.2, 0) is 55.1 Å². The molecule has 0 aliphatic heterocycles. The van der Waals surface area contributed by atoms with Crippen molar-refractivity contribution < 1.29 is 42.3 Å². The second-order valence-electron chi connectivity index (χ2n) is 4.63. The van der Waals surface area contributed by atoms with Crippen LogP contribution in [0.2, 0.25) is 0 Å². The van der Waals surface area contributed by atoms with Gasteiger partial charge in [0, 0.05) is 51.2 Å². The molecular weight excluding hydrogens is 305 g/mol. The predicted molar refractivity (Wildman–Crippen MR) is 65.3 cm³/mol. The van der Waals surface area contributed by atoms with Gasteiger partial charge in [0.05, 0.1) is 0 Å². The van der Waals surface area contributed by atoms with Crippen molar-refractivity contribution in [1.29, 1.82) is 0 Å². The number of carbonyl (C=O) groups excluding carboxylic acids is 2. The third-order valence-electron chi connectivity index (χ3n) is 3.07. The third kappa shape index (κ3) is 2.98. The molecule has 1 aromatic carbocycles. The van der Waals surface area contributed by atoms with Crippen molar-refractivity contribution in [3.8, 4) is 0 Å². The van der Waals surface area contributed by atoms with Crippen molar-refractivity contribution in [3.05, 3.63) is 42.0 Å². The molecule has 1 aromatic rings. The Morgan fingerprint density at radius 1 is 1.33 bits per heavy atom. The average Bonchev–Trinajstić information content (AvgIpc) is 2.54. The molecule has 0 saturated heterocycles. The second kappa shape index (κ2) is 5.49. The van der Waals surface area contributed by atoms with Crippen LogP contribution in [0.5, 0.6) is 0 Å². The first-order valence-electron chi connectivity index (χ1n) is 5.41. The smallest absolute Gasteiger partial charge is 0.221 e. The van der Waals surface area contributed by atoms with Crippen molar-refractivity contribution in [2.24, 2.45) is 5.41 Å². The van der Waals surface area contributed by atoms with Crippen LogP contribution >= 0.6 is 0 Å². The van der Waals surface area contributed by atoms with Gasteiger partial charge in [-0.1, -0.05) is 6.07 Å². The fourth-order valence-corrected chi connectivity index (χ4v) is 2.20. The van der Waals surface area contributed by atoms with Crippen LogP contribution in [-0.4, -0.2) is 11.8 Å². The monoisotopic (exact) mass is 319 g/mol. The van der Waals surface area contributed by atoms with Crippen molar-refractivity contribution in [1.82, 2.24) is 0 Å². The fourth-order valence-electron chi connectivity index (χ4n) is 2.20. The summed E-state index contributed by atoms with van der Waals surface area (Å²) in [4.78, 5) is 22.2. The number of nitrogens with one attached hydrogen (secondary N) is 2. The van der Waals surface area contributed by atoms with Gasteiger partial charge in [0.15, 0.2) is 0 Å². The zero-order valence-corrected chi connectivity index (χ0v) is 13.1. The van der Waals surface area contributed by atoms with E-state index in [9.17, 15) is 9.59 Å². The molecule has 2 rings (SSSR count). The van der Waals surface area contributed by atoms with Crippen molar-refractivity contribution in [3.63, 3.8) is 0 Å². The van der Waals surface area contributed by atoms with E-state index in [4.69, 9.17) is 5.73 Å². The summed E-state index contributed by atoms with van der Waals surface area (Å²) in [6, 6.07) is 5.55. The van der Waals surface area contributed by atoms with E-state index in [2.05, 4.69) is 12.2 Å². The van der Waals surface area contributed by atoms with Gasteiger partial charge >= 0.3 is 0 Å². The van der Waals surface area contributed by atoms with E-state index in [1.807, 2.05) is 12.1 Å². The van der Waals surface area contributed by atoms with Crippen LogP contribution in [0.1, 0.15) is 18.1 Å². The molecule has 1 unspecified atom stereocenters. The number of fused-ring (bicyclic) bond motifs is 1. The number of anilines is 1. The molecule has 0 bridgehead atoms. The molecule has 93 valence electrons. The minimum Gasteiger partial charge on any atom is -0.670 e. The summed E-state index contributed by atoms with van der Waals surface area (Å²) in [5.74, 6) is -0.754. The Kier molecular flexibility index (Phi) is 4.68. The van der Waals surface area contributed by atoms with Gasteiger partial charge in [-0.05, 0) is 36.1 Å². The van der Waals surface area contributed by atoms with Gasteiger partial charge in [0.2, 0.25) is 5.91 Å². The first-order chi connectivity index (χ1) is 7.90. The number of amides is 2. The Morgan fingerprint density at radius 2 is 1.94 bits per heavy atom. The number of carbonyl (C=O) groups is 2. The molecule has 1 atom stereocenters. The van der Waals surface area contributed by atoms with Crippen LogP contribution in [0, 0.1) is 12.3 Å². The van der Waals surface area contributed by atoms with Gasteiger partial charge in [-0.3, -0.25) is 4.79 Å². The molecule has 2 N–H and O–H groups in total. The third-order valence-corrected chi connectivity index (χ3v) is 3.07. The van der Waals surface area contributed by atoms with Crippen molar-refractivity contribution in [2.75, 3.05) is 5.32 Å². The zero-order valence-electron chi connectivity index (χ0n) is 10.2. The molecule has 1 aliphatic carbocycles. The molecular formula is C13H14N2O2Y-2. The fraction of sp³-hybridized carbons (Fsp3) is 0.308. The van der Waals surface area contributed by atoms with Gasteiger partial charge in [-0.15, -0.1) is 5.41 Å². The maximum atomic E-state index is 11.2. The molecule has 0 saturated carbocycles. The molecule has 0 fully saturated rings. The minimum atomic E-state index is -0.850. The summed E-state index contributed by atoms with van der Waals surface area (Å²) in [5.41, 5.74) is 9.14. The summed E-state index contributed by atoms with van der Waals surface area (Å²) in [6.07, 6.45) is 0.975. The Bertz CT molecular complexity index is 502. The van der Waals surface area contributed by atoms with Gasteiger partial charge in [0.1, 0.15) is 0 Å². The van der Waals surface area contributed by atoms with E-state index in [0.29, 0.717) is 12.8 Å². The number of hydrogen-bond acceptors (Lipinski definition) is 2. The Balaban J connectivity index is 0.00000162. The van der Waals surface area contributed by atoms with Gasteiger partial charge in [0.25, 0.3) is 0 Å². The maximum Gasteiger partial charge on any atom is 0.221 e. The first-order valence-corrected chi connectivity index (χ1v) is 5.41. The maximum absolute atomic E-state index is 11.2. The molecule has 5 heteroatoms. The van der Waals surface area contributed by atoms with Crippen LogP contribution in [0.3, 0.4) is 0 Å². The molecule has 0 heterocycles. The van der Waals surface area contributed by atoms with E-state index < -0.39 is 11.3 Å². The molecule has 1 aliphatic rings. The summed E-state index contributed by atoms with van der Waals surface area (Å²) >= 11 is 0. The SMILES string of the molecule is [CH2-]C1(C([NH-])=O)Cc2ccc(NC(C)=O)cc2C1.[Y]. The van der Waals surface area contributed by atoms with Crippen LogP contribution < -0.4 is 5.32 Å². The molecule has 2 amide bonds. The Morgan fingerprint density at radius 3 is 2.50 bits per heavy atom. The number of benzene rings is 1. The van der Waals surface area contributed by atoms with E-state index in [1.165, 1.54) is 6.92 Å². The Hall–Kier alpha value is -0.736. The Labute approximate surface area is 132 Å². The number of rotatable bonds is 2.